The number of aryl methyl sites for hydroxylation is 1. The molecule has 1 saturated heterocycles. The molecular formula is C24H34N4O2. The number of nitrogens with zero attached hydrogens (tertiary/aromatic N) is 2. The fourth-order valence-electron chi connectivity index (χ4n) is 3.55. The van der Waals surface area contributed by atoms with Crippen LogP contribution in [-0.2, 0) is 6.54 Å². The maximum Gasteiger partial charge on any atom is 0.314 e. The van der Waals surface area contributed by atoms with E-state index in [0.29, 0.717) is 19.7 Å². The van der Waals surface area contributed by atoms with Gasteiger partial charge in [0.2, 0.25) is 0 Å². The molecule has 0 aromatic heterocycles. The molecule has 0 aliphatic carbocycles. The zero-order valence-electron chi connectivity index (χ0n) is 18.0. The number of hydrogen-bond donors (Lipinski definition) is 2. The SMILES string of the molecule is Cc1ccc(OCCNC(=O)NCCCN2CCN(Cc3ccccc3)CC2)cc1. The molecule has 2 aromatic rings. The van der Waals surface area contributed by atoms with Gasteiger partial charge in [0.25, 0.3) is 0 Å². The van der Waals surface area contributed by atoms with Gasteiger partial charge in [-0.15, -0.1) is 0 Å². The number of benzene rings is 2. The minimum Gasteiger partial charge on any atom is -0.492 e. The van der Waals surface area contributed by atoms with Crippen LogP contribution in [0.4, 0.5) is 4.79 Å². The highest BCUT2D eigenvalue weighted by Crippen LogP contribution is 2.11. The zero-order chi connectivity index (χ0) is 21.0. The third-order valence-electron chi connectivity index (χ3n) is 5.33. The lowest BCUT2D eigenvalue weighted by Gasteiger charge is -2.34. The van der Waals surface area contributed by atoms with Crippen LogP contribution < -0.4 is 15.4 Å². The highest BCUT2D eigenvalue weighted by Gasteiger charge is 2.16. The molecule has 30 heavy (non-hydrogen) atoms. The summed E-state index contributed by atoms with van der Waals surface area (Å²) >= 11 is 0. The highest BCUT2D eigenvalue weighted by molar-refractivity contribution is 5.73. The molecule has 2 aromatic carbocycles. The molecule has 0 radical (unpaired) electrons. The van der Waals surface area contributed by atoms with Crippen LogP contribution >= 0.6 is 0 Å². The van der Waals surface area contributed by atoms with E-state index in [1.165, 1.54) is 11.1 Å². The van der Waals surface area contributed by atoms with Gasteiger partial charge in [-0.2, -0.15) is 0 Å². The summed E-state index contributed by atoms with van der Waals surface area (Å²) < 4.78 is 5.61. The van der Waals surface area contributed by atoms with Gasteiger partial charge in [0, 0.05) is 39.3 Å². The number of carbonyl (C=O) groups excluding carboxylic acids is 1. The lowest BCUT2D eigenvalue weighted by molar-refractivity contribution is 0.126. The Kier molecular flexibility index (Phi) is 9.00. The van der Waals surface area contributed by atoms with E-state index in [4.69, 9.17) is 4.74 Å². The molecule has 0 saturated carbocycles. The highest BCUT2D eigenvalue weighted by atomic mass is 16.5. The van der Waals surface area contributed by atoms with Gasteiger partial charge in [0.1, 0.15) is 12.4 Å². The Balaban J connectivity index is 1.18. The van der Waals surface area contributed by atoms with Crippen LogP contribution in [0.1, 0.15) is 17.5 Å². The monoisotopic (exact) mass is 410 g/mol. The summed E-state index contributed by atoms with van der Waals surface area (Å²) in [6, 6.07) is 18.4. The van der Waals surface area contributed by atoms with Crippen molar-refractivity contribution in [3.63, 3.8) is 0 Å². The van der Waals surface area contributed by atoms with Crippen LogP contribution in [-0.4, -0.2) is 68.3 Å². The minimum atomic E-state index is -0.129. The second-order valence-electron chi connectivity index (χ2n) is 7.80. The summed E-state index contributed by atoms with van der Waals surface area (Å²) in [5.74, 6) is 0.826. The molecule has 1 fully saturated rings. The van der Waals surface area contributed by atoms with Crippen LogP contribution in [0, 0.1) is 6.92 Å². The number of urea groups is 1. The predicted molar refractivity (Wildman–Crippen MR) is 121 cm³/mol. The number of hydrogen-bond acceptors (Lipinski definition) is 4. The molecule has 1 aliphatic heterocycles. The molecule has 6 nitrogen and oxygen atoms in total. The molecule has 162 valence electrons. The Morgan fingerprint density at radius 3 is 2.30 bits per heavy atom. The Bertz CT molecular complexity index is 744. The van der Waals surface area contributed by atoms with Gasteiger partial charge in [0.15, 0.2) is 0 Å². The van der Waals surface area contributed by atoms with Crippen LogP contribution in [0.25, 0.3) is 0 Å². The fraction of sp³-hybridized carbons (Fsp3) is 0.458. The van der Waals surface area contributed by atoms with Crippen molar-refractivity contribution in [2.24, 2.45) is 0 Å². The molecule has 2 amide bonds. The number of carbonyl (C=O) groups is 1. The van der Waals surface area contributed by atoms with Crippen LogP contribution in [0.5, 0.6) is 5.75 Å². The standard InChI is InChI=1S/C24H34N4O2/c1-21-8-10-23(11-9-21)30-19-13-26-24(29)25-12-5-14-27-15-17-28(18-16-27)20-22-6-3-2-4-7-22/h2-4,6-11H,5,12-20H2,1H3,(H2,25,26,29). The first-order chi connectivity index (χ1) is 14.7. The topological polar surface area (TPSA) is 56.8 Å². The van der Waals surface area contributed by atoms with Crippen molar-refractivity contribution in [2.75, 3.05) is 52.4 Å². The number of amides is 2. The van der Waals surface area contributed by atoms with Gasteiger partial charge >= 0.3 is 6.03 Å². The average Bonchev–Trinajstić information content (AvgIpc) is 2.77. The van der Waals surface area contributed by atoms with E-state index >= 15 is 0 Å². The summed E-state index contributed by atoms with van der Waals surface area (Å²) in [5.41, 5.74) is 2.58. The van der Waals surface area contributed by atoms with Gasteiger partial charge < -0.3 is 20.3 Å². The van der Waals surface area contributed by atoms with Gasteiger partial charge in [-0.1, -0.05) is 48.0 Å². The second kappa shape index (κ2) is 12.2. The number of nitrogens with one attached hydrogen (secondary N) is 2. The molecule has 0 atom stereocenters. The number of rotatable bonds is 10. The van der Waals surface area contributed by atoms with Crippen molar-refractivity contribution in [3.8, 4) is 5.75 Å². The maximum atomic E-state index is 11.9. The third kappa shape index (κ3) is 8.05. The minimum absolute atomic E-state index is 0.129. The molecule has 0 unspecified atom stereocenters. The molecular weight excluding hydrogens is 376 g/mol. The summed E-state index contributed by atoms with van der Waals surface area (Å²) in [7, 11) is 0. The quantitative estimate of drug-likeness (QED) is 0.592. The van der Waals surface area contributed by atoms with Crippen molar-refractivity contribution < 1.29 is 9.53 Å². The maximum absolute atomic E-state index is 11.9. The summed E-state index contributed by atoms with van der Waals surface area (Å²) in [5, 5.41) is 5.76. The first-order valence-electron chi connectivity index (χ1n) is 10.9. The summed E-state index contributed by atoms with van der Waals surface area (Å²) in [4.78, 5) is 16.9. The van der Waals surface area contributed by atoms with E-state index < -0.39 is 0 Å². The largest absolute Gasteiger partial charge is 0.492 e. The van der Waals surface area contributed by atoms with Gasteiger partial charge in [-0.25, -0.2) is 4.79 Å². The van der Waals surface area contributed by atoms with Crippen molar-refractivity contribution in [1.82, 2.24) is 20.4 Å². The van der Waals surface area contributed by atoms with Crippen molar-refractivity contribution >= 4 is 6.03 Å². The number of ether oxygens (including phenoxy) is 1. The smallest absolute Gasteiger partial charge is 0.314 e. The zero-order valence-corrected chi connectivity index (χ0v) is 18.0. The van der Waals surface area contributed by atoms with E-state index in [1.807, 2.05) is 31.2 Å². The Labute approximate surface area is 180 Å². The van der Waals surface area contributed by atoms with Crippen molar-refractivity contribution in [2.45, 2.75) is 19.9 Å². The molecule has 1 heterocycles. The third-order valence-corrected chi connectivity index (χ3v) is 5.33. The van der Waals surface area contributed by atoms with Crippen molar-refractivity contribution in [1.29, 1.82) is 0 Å². The lowest BCUT2D eigenvalue weighted by atomic mass is 10.2. The van der Waals surface area contributed by atoms with Gasteiger partial charge in [0.05, 0.1) is 6.54 Å². The fourth-order valence-corrected chi connectivity index (χ4v) is 3.55. The van der Waals surface area contributed by atoms with E-state index in [1.54, 1.807) is 0 Å². The van der Waals surface area contributed by atoms with E-state index in [-0.39, 0.29) is 6.03 Å². The second-order valence-corrected chi connectivity index (χ2v) is 7.80. The first-order valence-corrected chi connectivity index (χ1v) is 10.9. The first kappa shape index (κ1) is 22.1. The molecule has 0 spiro atoms. The molecule has 2 N–H and O–H groups in total. The van der Waals surface area contributed by atoms with Gasteiger partial charge in [-0.3, -0.25) is 4.90 Å². The Morgan fingerprint density at radius 2 is 1.57 bits per heavy atom. The summed E-state index contributed by atoms with van der Waals surface area (Å²) in [6.07, 6.45) is 0.964. The van der Waals surface area contributed by atoms with Crippen LogP contribution in [0.15, 0.2) is 54.6 Å². The predicted octanol–water partition coefficient (Wildman–Crippen LogP) is 2.88. The normalized spacial score (nSPS) is 15.0. The van der Waals surface area contributed by atoms with Gasteiger partial charge in [-0.05, 0) is 37.6 Å². The Hall–Kier alpha value is -2.57. The van der Waals surface area contributed by atoms with E-state index in [0.717, 1.165) is 51.4 Å². The van der Waals surface area contributed by atoms with E-state index in [9.17, 15) is 4.79 Å². The molecule has 1 aliphatic rings. The van der Waals surface area contributed by atoms with E-state index in [2.05, 4.69) is 50.8 Å². The average molecular weight is 411 g/mol. The molecule has 6 heteroatoms. The van der Waals surface area contributed by atoms with Crippen LogP contribution in [0.2, 0.25) is 0 Å². The molecule has 3 rings (SSSR count). The van der Waals surface area contributed by atoms with Crippen molar-refractivity contribution in [3.05, 3.63) is 65.7 Å². The number of piperazine rings is 1. The van der Waals surface area contributed by atoms with Crippen LogP contribution in [0.3, 0.4) is 0 Å². The molecule has 0 bridgehead atoms. The lowest BCUT2D eigenvalue weighted by Crippen LogP contribution is -2.46. The Morgan fingerprint density at radius 1 is 0.900 bits per heavy atom. The summed E-state index contributed by atoms with van der Waals surface area (Å²) in [6.45, 7) is 10.1.